The Hall–Kier alpha value is -1.32. The molecule has 0 aliphatic heterocycles. The first kappa shape index (κ1) is 16.1. The maximum absolute atomic E-state index is 6.36. The second kappa shape index (κ2) is 7.10. The Morgan fingerprint density at radius 2 is 1.76 bits per heavy atom. The Morgan fingerprint density at radius 3 is 2.33 bits per heavy atom. The maximum Gasteiger partial charge on any atom is 0.119 e. The second-order valence-corrected chi connectivity index (χ2v) is 6.45. The number of hydrogen-bond donors (Lipinski definition) is 1. The highest BCUT2D eigenvalue weighted by Crippen LogP contribution is 2.28. The molecule has 2 aromatic rings. The van der Waals surface area contributed by atoms with Gasteiger partial charge in [-0.3, -0.25) is 0 Å². The van der Waals surface area contributed by atoms with E-state index < -0.39 is 0 Å². The minimum absolute atomic E-state index is 0.0561. The average molecular weight is 348 g/mol. The Labute approximate surface area is 135 Å². The lowest BCUT2D eigenvalue weighted by molar-refractivity contribution is 0.413. The van der Waals surface area contributed by atoms with Crippen molar-refractivity contribution in [3.05, 3.63) is 63.6 Å². The van der Waals surface area contributed by atoms with Gasteiger partial charge in [0, 0.05) is 10.5 Å². The highest BCUT2D eigenvalue weighted by atomic mass is 79.9. The van der Waals surface area contributed by atoms with Crippen molar-refractivity contribution < 1.29 is 4.74 Å². The van der Waals surface area contributed by atoms with Crippen LogP contribution < -0.4 is 10.5 Å². The first-order valence-corrected chi connectivity index (χ1v) is 7.98. The van der Waals surface area contributed by atoms with E-state index in [1.165, 1.54) is 11.1 Å². The van der Waals surface area contributed by atoms with Gasteiger partial charge in [-0.2, -0.15) is 0 Å². The average Bonchev–Trinajstić information content (AvgIpc) is 2.48. The molecule has 0 amide bonds. The SMILES string of the molecule is COc1ccc(Br)c(C(N)Cc2ccc(C(C)C)cc2)c1. The van der Waals surface area contributed by atoms with Crippen LogP contribution in [0.25, 0.3) is 0 Å². The number of halogens is 1. The Morgan fingerprint density at radius 1 is 1.10 bits per heavy atom. The van der Waals surface area contributed by atoms with Crippen molar-refractivity contribution in [1.82, 2.24) is 0 Å². The van der Waals surface area contributed by atoms with Gasteiger partial charge in [-0.25, -0.2) is 0 Å². The van der Waals surface area contributed by atoms with E-state index in [1.807, 2.05) is 18.2 Å². The summed E-state index contributed by atoms with van der Waals surface area (Å²) in [6, 6.07) is 14.6. The van der Waals surface area contributed by atoms with Gasteiger partial charge in [-0.1, -0.05) is 54.0 Å². The normalized spacial score (nSPS) is 12.5. The van der Waals surface area contributed by atoms with Gasteiger partial charge in [0.2, 0.25) is 0 Å². The van der Waals surface area contributed by atoms with E-state index >= 15 is 0 Å². The number of benzene rings is 2. The van der Waals surface area contributed by atoms with Crippen LogP contribution in [-0.2, 0) is 6.42 Å². The van der Waals surface area contributed by atoms with Crippen LogP contribution in [0, 0.1) is 0 Å². The molecule has 0 fully saturated rings. The van der Waals surface area contributed by atoms with Gasteiger partial charge < -0.3 is 10.5 Å². The Bertz CT molecular complexity index is 593. The highest BCUT2D eigenvalue weighted by molar-refractivity contribution is 9.10. The predicted octanol–water partition coefficient (Wildman–Crippen LogP) is 4.82. The zero-order chi connectivity index (χ0) is 15.4. The second-order valence-electron chi connectivity index (χ2n) is 5.59. The smallest absolute Gasteiger partial charge is 0.119 e. The van der Waals surface area contributed by atoms with E-state index in [0.29, 0.717) is 5.92 Å². The summed E-state index contributed by atoms with van der Waals surface area (Å²) in [6.07, 6.45) is 0.810. The zero-order valence-electron chi connectivity index (χ0n) is 12.8. The van der Waals surface area contributed by atoms with E-state index in [1.54, 1.807) is 7.11 Å². The van der Waals surface area contributed by atoms with Gasteiger partial charge in [0.05, 0.1) is 7.11 Å². The molecule has 0 heterocycles. The molecule has 2 N–H and O–H groups in total. The summed E-state index contributed by atoms with van der Waals surface area (Å²) in [6.45, 7) is 4.40. The van der Waals surface area contributed by atoms with Crippen molar-refractivity contribution >= 4 is 15.9 Å². The number of hydrogen-bond acceptors (Lipinski definition) is 2. The number of rotatable bonds is 5. The Balaban J connectivity index is 2.15. The topological polar surface area (TPSA) is 35.2 Å². The molecule has 3 heteroatoms. The largest absolute Gasteiger partial charge is 0.497 e. The number of ether oxygens (including phenoxy) is 1. The summed E-state index contributed by atoms with van der Waals surface area (Å²) < 4.78 is 6.30. The van der Waals surface area contributed by atoms with E-state index in [4.69, 9.17) is 10.5 Å². The molecule has 0 aliphatic carbocycles. The van der Waals surface area contributed by atoms with Crippen molar-refractivity contribution in [3.8, 4) is 5.75 Å². The third-order valence-corrected chi connectivity index (χ3v) is 4.43. The van der Waals surface area contributed by atoms with Crippen LogP contribution in [0.4, 0.5) is 0 Å². The van der Waals surface area contributed by atoms with E-state index in [0.717, 1.165) is 22.2 Å². The van der Waals surface area contributed by atoms with E-state index in [9.17, 15) is 0 Å². The molecule has 1 atom stereocenters. The predicted molar refractivity (Wildman–Crippen MR) is 91.9 cm³/mol. The van der Waals surface area contributed by atoms with Gasteiger partial charge in [0.25, 0.3) is 0 Å². The summed E-state index contributed by atoms with van der Waals surface area (Å²) in [4.78, 5) is 0. The molecule has 0 saturated heterocycles. The molecule has 0 radical (unpaired) electrons. The fraction of sp³-hybridized carbons (Fsp3) is 0.333. The lowest BCUT2D eigenvalue weighted by atomic mass is 9.96. The molecule has 1 unspecified atom stereocenters. The van der Waals surface area contributed by atoms with Crippen LogP contribution >= 0.6 is 15.9 Å². The third kappa shape index (κ3) is 4.08. The van der Waals surface area contributed by atoms with Gasteiger partial charge in [0.15, 0.2) is 0 Å². The highest BCUT2D eigenvalue weighted by Gasteiger charge is 2.12. The molecule has 112 valence electrons. The standard InChI is InChI=1S/C18H22BrNO/c1-12(2)14-6-4-13(5-7-14)10-18(20)16-11-15(21-3)8-9-17(16)19/h4-9,11-12,18H,10,20H2,1-3H3. The summed E-state index contributed by atoms with van der Waals surface area (Å²) in [7, 11) is 1.67. The molecule has 0 spiro atoms. The molecule has 0 aliphatic rings. The van der Waals surface area contributed by atoms with Crippen molar-refractivity contribution in [2.75, 3.05) is 7.11 Å². The Kier molecular flexibility index (Phi) is 5.43. The van der Waals surface area contributed by atoms with Crippen molar-refractivity contribution in [3.63, 3.8) is 0 Å². The molecular formula is C18H22BrNO. The van der Waals surface area contributed by atoms with E-state index in [2.05, 4.69) is 54.0 Å². The lowest BCUT2D eigenvalue weighted by Crippen LogP contribution is -2.14. The fourth-order valence-corrected chi connectivity index (χ4v) is 2.88. The molecule has 0 aromatic heterocycles. The fourth-order valence-electron chi connectivity index (χ4n) is 2.34. The van der Waals surface area contributed by atoms with Gasteiger partial charge >= 0.3 is 0 Å². The van der Waals surface area contributed by atoms with Crippen LogP contribution in [0.3, 0.4) is 0 Å². The van der Waals surface area contributed by atoms with Gasteiger partial charge in [-0.15, -0.1) is 0 Å². The minimum atomic E-state index is -0.0561. The third-order valence-electron chi connectivity index (χ3n) is 3.70. The van der Waals surface area contributed by atoms with Crippen molar-refractivity contribution in [1.29, 1.82) is 0 Å². The zero-order valence-corrected chi connectivity index (χ0v) is 14.4. The monoisotopic (exact) mass is 347 g/mol. The van der Waals surface area contributed by atoms with Gasteiger partial charge in [0.1, 0.15) is 5.75 Å². The van der Waals surface area contributed by atoms with E-state index in [-0.39, 0.29) is 6.04 Å². The summed E-state index contributed by atoms with van der Waals surface area (Å²) in [5, 5.41) is 0. The van der Waals surface area contributed by atoms with Crippen LogP contribution in [0.15, 0.2) is 46.9 Å². The minimum Gasteiger partial charge on any atom is -0.497 e. The maximum atomic E-state index is 6.36. The van der Waals surface area contributed by atoms with Gasteiger partial charge in [-0.05, 0) is 47.2 Å². The van der Waals surface area contributed by atoms with Crippen LogP contribution in [0.2, 0.25) is 0 Å². The molecule has 2 aromatic carbocycles. The molecule has 2 rings (SSSR count). The summed E-state index contributed by atoms with van der Waals surface area (Å²) in [5.41, 5.74) is 10.0. The van der Waals surface area contributed by atoms with Crippen LogP contribution in [0.1, 0.15) is 42.5 Å². The van der Waals surface area contributed by atoms with Crippen molar-refractivity contribution in [2.24, 2.45) is 5.73 Å². The number of nitrogens with two attached hydrogens (primary N) is 1. The molecular weight excluding hydrogens is 326 g/mol. The quantitative estimate of drug-likeness (QED) is 0.840. The van der Waals surface area contributed by atoms with Crippen molar-refractivity contribution in [2.45, 2.75) is 32.2 Å². The van der Waals surface area contributed by atoms with Crippen LogP contribution in [0.5, 0.6) is 5.75 Å². The molecule has 0 bridgehead atoms. The summed E-state index contributed by atoms with van der Waals surface area (Å²) in [5.74, 6) is 1.39. The van der Waals surface area contributed by atoms with Crippen LogP contribution in [-0.4, -0.2) is 7.11 Å². The number of methoxy groups -OCH3 is 1. The lowest BCUT2D eigenvalue weighted by Gasteiger charge is -2.16. The first-order valence-electron chi connectivity index (χ1n) is 7.19. The molecule has 0 saturated carbocycles. The molecule has 21 heavy (non-hydrogen) atoms. The summed E-state index contributed by atoms with van der Waals surface area (Å²) >= 11 is 3.57. The molecule has 2 nitrogen and oxygen atoms in total. The first-order chi connectivity index (χ1) is 10.0.